The maximum absolute atomic E-state index is 13.0. The molecule has 2 aromatic heterocycles. The van der Waals surface area contributed by atoms with E-state index in [1.54, 1.807) is 11.0 Å². The summed E-state index contributed by atoms with van der Waals surface area (Å²) in [6, 6.07) is 16.4. The van der Waals surface area contributed by atoms with Gasteiger partial charge in [0.2, 0.25) is 0 Å². The topological polar surface area (TPSA) is 70.5 Å². The molecule has 0 fully saturated rings. The van der Waals surface area contributed by atoms with E-state index in [1.807, 2.05) is 33.5 Å². The van der Waals surface area contributed by atoms with Crippen molar-refractivity contribution in [2.45, 2.75) is 53.1 Å². The minimum Gasteiger partial charge on any atom is -0.299 e. The van der Waals surface area contributed by atoms with Crippen LogP contribution in [0.15, 0.2) is 65.8 Å². The Morgan fingerprint density at radius 1 is 1.03 bits per heavy atom. The maximum atomic E-state index is 13.0. The van der Waals surface area contributed by atoms with Gasteiger partial charge in [-0.1, -0.05) is 63.2 Å². The van der Waals surface area contributed by atoms with Gasteiger partial charge < -0.3 is 0 Å². The highest BCUT2D eigenvalue weighted by Gasteiger charge is 2.13. The molecule has 0 radical (unpaired) electrons. The van der Waals surface area contributed by atoms with Crippen LogP contribution in [-0.2, 0) is 19.5 Å². The van der Waals surface area contributed by atoms with E-state index in [0.29, 0.717) is 12.5 Å². The molecule has 4 aromatic rings. The summed E-state index contributed by atoms with van der Waals surface area (Å²) in [6.07, 6.45) is 6.58. The summed E-state index contributed by atoms with van der Waals surface area (Å²) >= 11 is 0. The summed E-state index contributed by atoms with van der Waals surface area (Å²) in [5.41, 5.74) is 5.36. The van der Waals surface area contributed by atoms with Crippen molar-refractivity contribution in [1.82, 2.24) is 29.3 Å². The summed E-state index contributed by atoms with van der Waals surface area (Å²) in [4.78, 5) is 13.0. The summed E-state index contributed by atoms with van der Waals surface area (Å²) in [5, 5.41) is 11.5. The van der Waals surface area contributed by atoms with E-state index in [0.717, 1.165) is 53.9 Å². The third kappa shape index (κ3) is 4.72. The Balaban J connectivity index is 1.61. The predicted molar refractivity (Wildman–Crippen MR) is 126 cm³/mol. The lowest BCUT2D eigenvalue weighted by molar-refractivity contribution is 0.564. The first-order chi connectivity index (χ1) is 15.6. The minimum atomic E-state index is 0.0821. The smallest absolute Gasteiger partial charge is 0.299 e. The van der Waals surface area contributed by atoms with Crippen LogP contribution < -0.4 is 5.69 Å². The summed E-state index contributed by atoms with van der Waals surface area (Å²) in [6.45, 7) is 7.88. The molecule has 2 aromatic carbocycles. The number of hydrogen-bond donors (Lipinski definition) is 0. The Morgan fingerprint density at radius 2 is 1.81 bits per heavy atom. The Labute approximate surface area is 188 Å². The number of hydrogen-bond acceptors (Lipinski definition) is 4. The van der Waals surface area contributed by atoms with Crippen LogP contribution >= 0.6 is 0 Å². The fraction of sp³-hybridized carbons (Fsp3) is 0.360. The van der Waals surface area contributed by atoms with Crippen molar-refractivity contribution in [2.24, 2.45) is 5.92 Å². The molecule has 0 bridgehead atoms. The second-order valence-corrected chi connectivity index (χ2v) is 8.58. The molecule has 166 valence electrons. The third-order valence-corrected chi connectivity index (χ3v) is 5.68. The lowest BCUT2D eigenvalue weighted by atomic mass is 10.0. The van der Waals surface area contributed by atoms with Crippen LogP contribution in [0.3, 0.4) is 0 Å². The summed E-state index contributed by atoms with van der Waals surface area (Å²) in [7, 11) is 0. The standard InChI is InChI=1S/C25H30N6O/c1-4-15-29-17-22(14-9-19(2)3)30(25(29)32)16-20-10-12-21(13-11-20)23-7-5-6-8-24(23)31-18-26-27-28-31/h5-8,10-13,17-19H,4,9,14-16H2,1-3H3. The molecule has 0 saturated carbocycles. The van der Waals surface area contributed by atoms with Crippen molar-refractivity contribution in [1.29, 1.82) is 0 Å². The van der Waals surface area contributed by atoms with Crippen molar-refractivity contribution in [3.05, 3.63) is 82.8 Å². The molecule has 0 aliphatic rings. The van der Waals surface area contributed by atoms with Gasteiger partial charge in [0.15, 0.2) is 0 Å². The average molecular weight is 431 g/mol. The monoisotopic (exact) mass is 430 g/mol. The third-order valence-electron chi connectivity index (χ3n) is 5.68. The molecule has 0 atom stereocenters. The fourth-order valence-electron chi connectivity index (χ4n) is 3.95. The molecule has 32 heavy (non-hydrogen) atoms. The van der Waals surface area contributed by atoms with Gasteiger partial charge >= 0.3 is 5.69 Å². The predicted octanol–water partition coefficient (Wildman–Crippen LogP) is 4.34. The van der Waals surface area contributed by atoms with E-state index in [-0.39, 0.29) is 5.69 Å². The number of imidazole rings is 1. The average Bonchev–Trinajstić information content (AvgIpc) is 3.43. The van der Waals surface area contributed by atoms with Crippen LogP contribution in [-0.4, -0.2) is 29.3 Å². The Hall–Kier alpha value is -3.48. The molecule has 0 spiro atoms. The van der Waals surface area contributed by atoms with Gasteiger partial charge in [-0.2, -0.15) is 4.68 Å². The highest BCUT2D eigenvalue weighted by atomic mass is 16.1. The second-order valence-electron chi connectivity index (χ2n) is 8.58. The molecule has 4 rings (SSSR count). The van der Waals surface area contributed by atoms with Crippen LogP contribution in [0.5, 0.6) is 0 Å². The molecular formula is C25H30N6O. The van der Waals surface area contributed by atoms with Crippen molar-refractivity contribution in [3.63, 3.8) is 0 Å². The van der Waals surface area contributed by atoms with Gasteiger partial charge in [-0.05, 0) is 52.8 Å². The fourth-order valence-corrected chi connectivity index (χ4v) is 3.95. The van der Waals surface area contributed by atoms with Gasteiger partial charge in [0, 0.05) is 24.0 Å². The van der Waals surface area contributed by atoms with Gasteiger partial charge in [0.25, 0.3) is 0 Å². The first-order valence-electron chi connectivity index (χ1n) is 11.3. The van der Waals surface area contributed by atoms with Gasteiger partial charge in [-0.25, -0.2) is 4.79 Å². The van der Waals surface area contributed by atoms with E-state index in [9.17, 15) is 4.79 Å². The van der Waals surface area contributed by atoms with E-state index < -0.39 is 0 Å². The van der Waals surface area contributed by atoms with E-state index in [1.165, 1.54) is 0 Å². The number of nitrogens with zero attached hydrogens (tertiary/aromatic N) is 6. The first kappa shape index (κ1) is 21.7. The molecule has 7 heteroatoms. The van der Waals surface area contributed by atoms with Gasteiger partial charge in [0.1, 0.15) is 6.33 Å². The minimum absolute atomic E-state index is 0.0821. The van der Waals surface area contributed by atoms with Crippen molar-refractivity contribution in [3.8, 4) is 16.8 Å². The number of benzene rings is 2. The second kappa shape index (κ2) is 9.77. The van der Waals surface area contributed by atoms with Gasteiger partial charge in [-0.15, -0.1) is 5.10 Å². The summed E-state index contributed by atoms with van der Waals surface area (Å²) in [5.74, 6) is 0.604. The van der Waals surface area contributed by atoms with Crippen LogP contribution in [0.2, 0.25) is 0 Å². The van der Waals surface area contributed by atoms with Crippen LogP contribution in [0.4, 0.5) is 0 Å². The molecular weight excluding hydrogens is 400 g/mol. The highest BCUT2D eigenvalue weighted by molar-refractivity contribution is 5.72. The van der Waals surface area contributed by atoms with Gasteiger partial charge in [0.05, 0.1) is 12.2 Å². The maximum Gasteiger partial charge on any atom is 0.328 e. The zero-order valence-corrected chi connectivity index (χ0v) is 19.0. The zero-order valence-electron chi connectivity index (χ0n) is 19.0. The molecule has 2 heterocycles. The van der Waals surface area contributed by atoms with E-state index in [4.69, 9.17) is 0 Å². The first-order valence-corrected chi connectivity index (χ1v) is 11.3. The van der Waals surface area contributed by atoms with Crippen molar-refractivity contribution < 1.29 is 0 Å². The Kier molecular flexibility index (Phi) is 6.63. The molecule has 0 amide bonds. The molecule has 0 unspecified atom stereocenters. The highest BCUT2D eigenvalue weighted by Crippen LogP contribution is 2.26. The number of para-hydroxylation sites is 1. The van der Waals surface area contributed by atoms with Gasteiger partial charge in [-0.3, -0.25) is 9.13 Å². The Morgan fingerprint density at radius 3 is 2.50 bits per heavy atom. The van der Waals surface area contributed by atoms with E-state index in [2.05, 4.69) is 66.6 Å². The lowest BCUT2D eigenvalue weighted by Crippen LogP contribution is -2.25. The SMILES string of the molecule is CCCn1cc(CCC(C)C)n(Cc2ccc(-c3ccccc3-n3cnnn3)cc2)c1=O. The Bertz CT molecular complexity index is 1200. The number of aryl methyl sites for hydroxylation is 2. The zero-order chi connectivity index (χ0) is 22.5. The molecule has 0 saturated heterocycles. The normalized spacial score (nSPS) is 11.4. The largest absolute Gasteiger partial charge is 0.328 e. The quantitative estimate of drug-likeness (QED) is 0.396. The number of rotatable bonds is 9. The van der Waals surface area contributed by atoms with Crippen LogP contribution in [0.25, 0.3) is 16.8 Å². The summed E-state index contributed by atoms with van der Waals surface area (Å²) < 4.78 is 5.45. The molecule has 0 aliphatic carbocycles. The number of tetrazole rings is 1. The molecule has 0 N–H and O–H groups in total. The molecule has 0 aliphatic heterocycles. The van der Waals surface area contributed by atoms with Crippen molar-refractivity contribution >= 4 is 0 Å². The van der Waals surface area contributed by atoms with Crippen LogP contribution in [0.1, 0.15) is 44.9 Å². The van der Waals surface area contributed by atoms with Crippen molar-refractivity contribution in [2.75, 3.05) is 0 Å². The lowest BCUT2D eigenvalue weighted by Gasteiger charge is -2.11. The molecule has 7 nitrogen and oxygen atoms in total. The van der Waals surface area contributed by atoms with E-state index >= 15 is 0 Å². The number of aromatic nitrogens is 6. The van der Waals surface area contributed by atoms with Crippen LogP contribution in [0, 0.1) is 5.92 Å².